The van der Waals surface area contributed by atoms with Crippen molar-refractivity contribution in [3.05, 3.63) is 58.3 Å². The van der Waals surface area contributed by atoms with E-state index in [2.05, 4.69) is 10.6 Å². The number of amides is 2. The molecule has 0 fully saturated rings. The van der Waals surface area contributed by atoms with Crippen molar-refractivity contribution in [3.8, 4) is 0 Å². The van der Waals surface area contributed by atoms with Crippen molar-refractivity contribution in [1.29, 1.82) is 0 Å². The summed E-state index contributed by atoms with van der Waals surface area (Å²) in [7, 11) is 0. The van der Waals surface area contributed by atoms with E-state index in [0.29, 0.717) is 6.54 Å². The molecule has 6 heteroatoms. The van der Waals surface area contributed by atoms with E-state index in [0.717, 1.165) is 10.4 Å². The van der Waals surface area contributed by atoms with Gasteiger partial charge in [0.2, 0.25) is 0 Å². The number of rotatable bonds is 6. The van der Waals surface area contributed by atoms with E-state index in [1.165, 1.54) is 0 Å². The number of urea groups is 1. The Bertz CT molecular complexity index is 584. The number of carboxylic acid groups (broad SMARTS) is 1. The number of thiophene rings is 1. The van der Waals surface area contributed by atoms with Gasteiger partial charge in [0.1, 0.15) is 0 Å². The average Bonchev–Trinajstić information content (AvgIpc) is 2.98. The highest BCUT2D eigenvalue weighted by molar-refractivity contribution is 7.09. The number of hydrogen-bond donors (Lipinski definition) is 3. The van der Waals surface area contributed by atoms with Gasteiger partial charge < -0.3 is 15.7 Å². The number of carbonyl (C=O) groups excluding carboxylic acids is 1. The molecule has 0 aliphatic heterocycles. The Morgan fingerprint density at radius 2 is 1.90 bits per heavy atom. The molecular weight excluding hydrogens is 288 g/mol. The van der Waals surface area contributed by atoms with Gasteiger partial charge in [-0.15, -0.1) is 11.3 Å². The standard InChI is InChI=1S/C15H16N2O3S/c18-14(19)9-13(11-5-2-1-3-6-11)17-15(20)16-10-12-7-4-8-21-12/h1-8,13H,9-10H2,(H,18,19)(H2,16,17,20). The molecular formula is C15H16N2O3S. The van der Waals surface area contributed by atoms with Gasteiger partial charge in [0.05, 0.1) is 19.0 Å². The number of carboxylic acids is 1. The van der Waals surface area contributed by atoms with Gasteiger partial charge in [0.25, 0.3) is 0 Å². The summed E-state index contributed by atoms with van der Waals surface area (Å²) in [6, 6.07) is 12.0. The van der Waals surface area contributed by atoms with Crippen LogP contribution < -0.4 is 10.6 Å². The largest absolute Gasteiger partial charge is 0.481 e. The van der Waals surface area contributed by atoms with Crippen LogP contribution in [0.2, 0.25) is 0 Å². The summed E-state index contributed by atoms with van der Waals surface area (Å²) in [5, 5.41) is 16.3. The van der Waals surface area contributed by atoms with Crippen LogP contribution in [0.4, 0.5) is 4.79 Å². The van der Waals surface area contributed by atoms with Crippen molar-refractivity contribution in [1.82, 2.24) is 10.6 Å². The third-order valence-electron chi connectivity index (χ3n) is 2.89. The lowest BCUT2D eigenvalue weighted by molar-refractivity contribution is -0.137. The van der Waals surface area contributed by atoms with Crippen molar-refractivity contribution in [2.24, 2.45) is 0 Å². The molecule has 110 valence electrons. The van der Waals surface area contributed by atoms with Crippen LogP contribution in [-0.4, -0.2) is 17.1 Å². The molecule has 0 bridgehead atoms. The lowest BCUT2D eigenvalue weighted by Gasteiger charge is -2.17. The SMILES string of the molecule is O=C(O)CC(NC(=O)NCc1cccs1)c1ccccc1. The minimum atomic E-state index is -0.956. The Morgan fingerprint density at radius 1 is 1.14 bits per heavy atom. The molecule has 2 rings (SSSR count). The van der Waals surface area contributed by atoms with E-state index in [1.54, 1.807) is 23.5 Å². The third-order valence-corrected chi connectivity index (χ3v) is 3.77. The highest BCUT2D eigenvalue weighted by Gasteiger charge is 2.17. The topological polar surface area (TPSA) is 78.4 Å². The molecule has 0 spiro atoms. The van der Waals surface area contributed by atoms with Crippen molar-refractivity contribution in [2.75, 3.05) is 0 Å². The van der Waals surface area contributed by atoms with Gasteiger partial charge in [0, 0.05) is 4.88 Å². The summed E-state index contributed by atoms with van der Waals surface area (Å²) in [4.78, 5) is 23.9. The van der Waals surface area contributed by atoms with E-state index < -0.39 is 12.0 Å². The Labute approximate surface area is 126 Å². The van der Waals surface area contributed by atoms with E-state index in [4.69, 9.17) is 5.11 Å². The molecule has 0 radical (unpaired) electrons. The second-order valence-electron chi connectivity index (χ2n) is 4.47. The second kappa shape index (κ2) is 7.44. The predicted molar refractivity (Wildman–Crippen MR) is 81.1 cm³/mol. The highest BCUT2D eigenvalue weighted by atomic mass is 32.1. The Balaban J connectivity index is 1.94. The fourth-order valence-electron chi connectivity index (χ4n) is 1.90. The maximum Gasteiger partial charge on any atom is 0.315 e. The van der Waals surface area contributed by atoms with Gasteiger partial charge in [-0.3, -0.25) is 4.79 Å². The Kier molecular flexibility index (Phi) is 5.34. The normalized spacial score (nSPS) is 11.6. The number of carbonyl (C=O) groups is 2. The van der Waals surface area contributed by atoms with Crippen LogP contribution >= 0.6 is 11.3 Å². The van der Waals surface area contributed by atoms with Crippen LogP contribution in [0, 0.1) is 0 Å². The Morgan fingerprint density at radius 3 is 2.52 bits per heavy atom. The van der Waals surface area contributed by atoms with E-state index >= 15 is 0 Å². The van der Waals surface area contributed by atoms with Gasteiger partial charge in [-0.2, -0.15) is 0 Å². The van der Waals surface area contributed by atoms with Gasteiger partial charge in [-0.05, 0) is 17.0 Å². The van der Waals surface area contributed by atoms with E-state index in [1.807, 2.05) is 35.7 Å². The third kappa shape index (κ3) is 4.92. The molecule has 0 saturated carbocycles. The molecule has 3 N–H and O–H groups in total. The predicted octanol–water partition coefficient (Wildman–Crippen LogP) is 2.76. The first-order chi connectivity index (χ1) is 10.1. The zero-order valence-corrected chi connectivity index (χ0v) is 12.1. The molecule has 0 saturated heterocycles. The summed E-state index contributed by atoms with van der Waals surface area (Å²) >= 11 is 1.55. The summed E-state index contributed by atoms with van der Waals surface area (Å²) in [5.41, 5.74) is 0.770. The number of hydrogen-bond acceptors (Lipinski definition) is 3. The van der Waals surface area contributed by atoms with Gasteiger partial charge in [-0.1, -0.05) is 36.4 Å². The highest BCUT2D eigenvalue weighted by Crippen LogP contribution is 2.16. The molecule has 0 aliphatic carbocycles. The molecule has 5 nitrogen and oxygen atoms in total. The number of nitrogens with one attached hydrogen (secondary N) is 2. The molecule has 2 amide bonds. The van der Waals surface area contributed by atoms with Gasteiger partial charge >= 0.3 is 12.0 Å². The molecule has 1 atom stereocenters. The van der Waals surface area contributed by atoms with Crippen molar-refractivity contribution < 1.29 is 14.7 Å². The molecule has 21 heavy (non-hydrogen) atoms. The lowest BCUT2D eigenvalue weighted by atomic mass is 10.0. The van der Waals surface area contributed by atoms with Crippen molar-refractivity contribution in [3.63, 3.8) is 0 Å². The van der Waals surface area contributed by atoms with Crippen molar-refractivity contribution in [2.45, 2.75) is 19.0 Å². The lowest BCUT2D eigenvalue weighted by Crippen LogP contribution is -2.38. The summed E-state index contributed by atoms with van der Waals surface area (Å²) in [6.07, 6.45) is -0.156. The van der Waals surface area contributed by atoms with Crippen LogP contribution in [-0.2, 0) is 11.3 Å². The van der Waals surface area contributed by atoms with E-state index in [-0.39, 0.29) is 12.5 Å². The first-order valence-corrected chi connectivity index (χ1v) is 7.36. The van der Waals surface area contributed by atoms with Crippen LogP contribution in [0.15, 0.2) is 47.8 Å². The van der Waals surface area contributed by atoms with Crippen LogP contribution in [0.25, 0.3) is 0 Å². The zero-order valence-electron chi connectivity index (χ0n) is 11.3. The minimum absolute atomic E-state index is 0.156. The van der Waals surface area contributed by atoms with Crippen LogP contribution in [0.3, 0.4) is 0 Å². The summed E-state index contributed by atoms with van der Waals surface area (Å²) in [6.45, 7) is 0.429. The minimum Gasteiger partial charge on any atom is -0.481 e. The molecule has 1 heterocycles. The van der Waals surface area contributed by atoms with Gasteiger partial charge in [0.15, 0.2) is 0 Å². The summed E-state index contributed by atoms with van der Waals surface area (Å²) in [5.74, 6) is -0.956. The summed E-state index contributed by atoms with van der Waals surface area (Å²) < 4.78 is 0. The maximum atomic E-state index is 11.9. The van der Waals surface area contributed by atoms with Crippen LogP contribution in [0.1, 0.15) is 22.9 Å². The fourth-order valence-corrected chi connectivity index (χ4v) is 2.55. The average molecular weight is 304 g/mol. The van der Waals surface area contributed by atoms with Gasteiger partial charge in [-0.25, -0.2) is 4.79 Å². The molecule has 2 aromatic rings. The molecule has 1 unspecified atom stereocenters. The number of aliphatic carboxylic acids is 1. The smallest absolute Gasteiger partial charge is 0.315 e. The van der Waals surface area contributed by atoms with Crippen molar-refractivity contribution >= 4 is 23.3 Å². The monoisotopic (exact) mass is 304 g/mol. The maximum absolute atomic E-state index is 11.9. The zero-order chi connectivity index (χ0) is 15.1. The fraction of sp³-hybridized carbons (Fsp3) is 0.200. The molecule has 1 aromatic heterocycles. The first-order valence-electron chi connectivity index (χ1n) is 6.48. The Hall–Kier alpha value is -2.34. The first kappa shape index (κ1) is 15.1. The molecule has 1 aromatic carbocycles. The van der Waals surface area contributed by atoms with E-state index in [9.17, 15) is 9.59 Å². The number of benzene rings is 1. The molecule has 0 aliphatic rings. The quantitative estimate of drug-likeness (QED) is 0.768. The second-order valence-corrected chi connectivity index (χ2v) is 5.50. The van der Waals surface area contributed by atoms with Crippen LogP contribution in [0.5, 0.6) is 0 Å².